The van der Waals surface area contributed by atoms with Crippen molar-refractivity contribution in [2.45, 2.75) is 49.8 Å². The lowest BCUT2D eigenvalue weighted by molar-refractivity contribution is -0.137. The number of nitrogens with zero attached hydrogens (tertiary/aromatic N) is 4. The molecule has 1 amide bonds. The summed E-state index contributed by atoms with van der Waals surface area (Å²) in [6.45, 7) is 5.69. The van der Waals surface area contributed by atoms with Crippen molar-refractivity contribution in [3.63, 3.8) is 0 Å². The Labute approximate surface area is 239 Å². The number of fused-ring (bicyclic) bond motifs is 1. The maximum Gasteiger partial charge on any atom is 0.417 e. The van der Waals surface area contributed by atoms with Crippen LogP contribution in [0.25, 0.3) is 11.5 Å². The molecule has 2 aromatic carbocycles. The van der Waals surface area contributed by atoms with Crippen LogP contribution in [0, 0.1) is 0 Å². The Kier molecular flexibility index (Phi) is 7.31. The molecule has 1 aliphatic rings. The first-order valence-corrected chi connectivity index (χ1v) is 14.4. The van der Waals surface area contributed by atoms with Gasteiger partial charge in [0.05, 0.1) is 34.5 Å². The third-order valence-electron chi connectivity index (χ3n) is 6.43. The van der Waals surface area contributed by atoms with Crippen molar-refractivity contribution in [3.8, 4) is 23.1 Å². The van der Waals surface area contributed by atoms with E-state index in [1.807, 2.05) is 20.8 Å². The van der Waals surface area contributed by atoms with Crippen LogP contribution < -0.4 is 15.4 Å². The number of sulfone groups is 1. The molecule has 0 radical (unpaired) electrons. The van der Waals surface area contributed by atoms with E-state index in [0.717, 1.165) is 12.1 Å². The lowest BCUT2D eigenvalue weighted by atomic mass is 9.97. The molecule has 0 unspecified atom stereocenters. The second-order valence-electron chi connectivity index (χ2n) is 10.8. The predicted molar refractivity (Wildman–Crippen MR) is 145 cm³/mol. The predicted octanol–water partition coefficient (Wildman–Crippen LogP) is 4.89. The Hall–Kier alpha value is -4.30. The van der Waals surface area contributed by atoms with Crippen LogP contribution in [-0.4, -0.2) is 41.3 Å². The van der Waals surface area contributed by atoms with Gasteiger partial charge in [0, 0.05) is 23.2 Å². The molecule has 0 saturated carbocycles. The van der Waals surface area contributed by atoms with Gasteiger partial charge in [-0.1, -0.05) is 32.9 Å². The van der Waals surface area contributed by atoms with E-state index in [1.165, 1.54) is 23.1 Å². The van der Waals surface area contributed by atoms with E-state index in [-0.39, 0.29) is 28.9 Å². The molecule has 0 spiro atoms. The van der Waals surface area contributed by atoms with Gasteiger partial charge in [-0.2, -0.15) is 13.2 Å². The molecular weight excluding hydrogens is 575 g/mol. The zero-order valence-corrected chi connectivity index (χ0v) is 23.5. The Balaban J connectivity index is 1.44. The molecule has 14 heteroatoms. The quantitative estimate of drug-likeness (QED) is 0.338. The second-order valence-corrected chi connectivity index (χ2v) is 12.8. The molecule has 1 atom stereocenters. The maximum atomic E-state index is 13.4. The van der Waals surface area contributed by atoms with E-state index >= 15 is 0 Å². The fourth-order valence-electron chi connectivity index (χ4n) is 4.22. The first-order chi connectivity index (χ1) is 19.6. The third-order valence-corrected chi connectivity index (χ3v) is 8.24. The molecule has 220 valence electrons. The number of alkyl halides is 3. The normalized spacial score (nSPS) is 17.1. The summed E-state index contributed by atoms with van der Waals surface area (Å²) in [5.41, 5.74) is 5.86. The number of carbonyl (C=O) groups excluding carboxylic acids is 1. The third kappa shape index (κ3) is 5.99. The van der Waals surface area contributed by atoms with E-state index in [0.29, 0.717) is 29.0 Å². The summed E-state index contributed by atoms with van der Waals surface area (Å²) >= 11 is 0. The number of benzene rings is 2. The highest BCUT2D eigenvalue weighted by molar-refractivity contribution is 7.91. The zero-order chi connectivity index (χ0) is 30.4. The highest BCUT2D eigenvalue weighted by Crippen LogP contribution is 2.36. The van der Waals surface area contributed by atoms with Crippen LogP contribution in [0.5, 0.6) is 11.6 Å². The van der Waals surface area contributed by atoms with Crippen LogP contribution in [0.15, 0.2) is 70.1 Å². The Morgan fingerprint density at radius 2 is 1.76 bits per heavy atom. The van der Waals surface area contributed by atoms with Crippen molar-refractivity contribution in [1.82, 2.24) is 15.2 Å². The Morgan fingerprint density at radius 1 is 1.05 bits per heavy atom. The second kappa shape index (κ2) is 10.5. The largest absolute Gasteiger partial charge is 0.439 e. The molecule has 2 N–H and O–H groups in total. The van der Waals surface area contributed by atoms with Gasteiger partial charge in [0.1, 0.15) is 5.75 Å². The van der Waals surface area contributed by atoms with Crippen LogP contribution in [0.2, 0.25) is 0 Å². The molecule has 0 fully saturated rings. The average molecular weight is 602 g/mol. The van der Waals surface area contributed by atoms with Crippen LogP contribution in [0.4, 0.5) is 18.9 Å². The molecule has 0 aliphatic carbocycles. The topological polar surface area (TPSA) is 142 Å². The summed E-state index contributed by atoms with van der Waals surface area (Å²) in [6, 6.07) is 11.5. The molecule has 1 aliphatic heterocycles. The number of carbonyl (C=O) groups is 1. The fraction of sp³-hybridized carbons (Fsp3) is 0.286. The Morgan fingerprint density at radius 3 is 2.36 bits per heavy atom. The van der Waals surface area contributed by atoms with Crippen molar-refractivity contribution < 1.29 is 35.5 Å². The first-order valence-electron chi connectivity index (χ1n) is 12.7. The number of ether oxygens (including phenoxy) is 1. The number of rotatable bonds is 5. The summed E-state index contributed by atoms with van der Waals surface area (Å²) in [4.78, 5) is 18.3. The summed E-state index contributed by atoms with van der Waals surface area (Å²) in [6.07, 6.45) is -3.84. The smallest absolute Gasteiger partial charge is 0.417 e. The zero-order valence-electron chi connectivity index (χ0n) is 22.7. The van der Waals surface area contributed by atoms with E-state index in [2.05, 4.69) is 15.2 Å². The van der Waals surface area contributed by atoms with Gasteiger partial charge in [0.2, 0.25) is 23.6 Å². The Bertz CT molecular complexity index is 1730. The highest BCUT2D eigenvalue weighted by Gasteiger charge is 2.37. The average Bonchev–Trinajstić information content (AvgIpc) is 3.41. The van der Waals surface area contributed by atoms with E-state index in [4.69, 9.17) is 14.9 Å². The van der Waals surface area contributed by atoms with Crippen molar-refractivity contribution in [3.05, 3.63) is 77.8 Å². The van der Waals surface area contributed by atoms with E-state index in [1.54, 1.807) is 24.3 Å². The number of anilines is 1. The molecule has 10 nitrogen and oxygen atoms in total. The molecule has 0 bridgehead atoms. The molecule has 42 heavy (non-hydrogen) atoms. The van der Waals surface area contributed by atoms with Crippen LogP contribution in [-0.2, 0) is 32.8 Å². The van der Waals surface area contributed by atoms with Gasteiger partial charge in [0.15, 0.2) is 9.84 Å². The lowest BCUT2D eigenvalue weighted by Crippen LogP contribution is -2.45. The SMILES string of the molecule is CC(C)(C)c1nnc(-c2ccc3c(c2)N(Cc2ccc(Oc4ccc(C(F)(F)F)cn4)cc2)C(=O)[C@@H](N)CS3(=O)=O)o1. The number of aromatic nitrogens is 3. The minimum Gasteiger partial charge on any atom is -0.439 e. The summed E-state index contributed by atoms with van der Waals surface area (Å²) in [7, 11) is -3.91. The minimum absolute atomic E-state index is 0.0333. The molecular formula is C28H26F3N5O5S. The highest BCUT2D eigenvalue weighted by atomic mass is 32.2. The van der Waals surface area contributed by atoms with Gasteiger partial charge >= 0.3 is 6.18 Å². The number of pyridine rings is 1. The summed E-state index contributed by atoms with van der Waals surface area (Å²) in [5, 5.41) is 8.18. The van der Waals surface area contributed by atoms with Gasteiger partial charge in [0.25, 0.3) is 0 Å². The number of halogens is 3. The van der Waals surface area contributed by atoms with Gasteiger partial charge in [-0.05, 0) is 42.0 Å². The van der Waals surface area contributed by atoms with Crippen LogP contribution in [0.1, 0.15) is 37.8 Å². The number of nitrogens with two attached hydrogens (primary N) is 1. The molecule has 0 saturated heterocycles. The number of hydrogen-bond donors (Lipinski definition) is 1. The standard InChI is InChI=1S/C28H26F3N5O5S/c1-27(2,3)26-35-34-24(41-26)17-6-10-22-21(12-17)36(25(37)20(32)15-42(22,38)39)14-16-4-8-19(9-5-16)40-23-11-7-18(13-33-23)28(29,30)31/h4-13,20H,14-15,32H2,1-3H3/t20-/m0/s1. The van der Waals surface area contributed by atoms with Crippen molar-refractivity contribution >= 4 is 21.4 Å². The van der Waals surface area contributed by atoms with Crippen molar-refractivity contribution in [2.75, 3.05) is 10.7 Å². The van der Waals surface area contributed by atoms with Crippen molar-refractivity contribution in [1.29, 1.82) is 0 Å². The number of hydrogen-bond acceptors (Lipinski definition) is 9. The van der Waals surface area contributed by atoms with Gasteiger partial charge in [-0.15, -0.1) is 10.2 Å². The first kappa shape index (κ1) is 29.2. The van der Waals surface area contributed by atoms with Gasteiger partial charge < -0.3 is 19.8 Å². The van der Waals surface area contributed by atoms with E-state index < -0.39 is 44.7 Å². The van der Waals surface area contributed by atoms with Gasteiger partial charge in [-0.25, -0.2) is 13.4 Å². The fourth-order valence-corrected chi connectivity index (χ4v) is 5.78. The minimum atomic E-state index is -4.51. The summed E-state index contributed by atoms with van der Waals surface area (Å²) < 4.78 is 76.0. The van der Waals surface area contributed by atoms with Crippen molar-refractivity contribution in [2.24, 2.45) is 5.73 Å². The van der Waals surface area contributed by atoms with Crippen LogP contribution >= 0.6 is 0 Å². The molecule has 5 rings (SSSR count). The maximum absolute atomic E-state index is 13.4. The monoisotopic (exact) mass is 601 g/mol. The lowest BCUT2D eigenvalue weighted by Gasteiger charge is -2.24. The molecule has 3 heterocycles. The van der Waals surface area contributed by atoms with E-state index in [9.17, 15) is 26.4 Å². The molecule has 2 aromatic heterocycles. The molecule has 4 aromatic rings. The summed E-state index contributed by atoms with van der Waals surface area (Å²) in [5.74, 6) is -0.336. The van der Waals surface area contributed by atoms with Crippen LogP contribution in [0.3, 0.4) is 0 Å². The number of amides is 1. The van der Waals surface area contributed by atoms with Gasteiger partial charge in [-0.3, -0.25) is 4.79 Å².